The molecule has 1 aliphatic carbocycles. The van der Waals surface area contributed by atoms with E-state index >= 15 is 0 Å². The first-order valence-corrected chi connectivity index (χ1v) is 13.3. The fourth-order valence-corrected chi connectivity index (χ4v) is 5.15. The zero-order valence-corrected chi connectivity index (χ0v) is 22.5. The number of nitrogens with one attached hydrogen (secondary N) is 2. The highest BCUT2D eigenvalue weighted by molar-refractivity contribution is 5.69. The molecule has 0 atom stereocenters. The molecule has 0 spiro atoms. The van der Waals surface area contributed by atoms with E-state index in [1.807, 2.05) is 0 Å². The number of hydrogen-bond donors (Lipinski definition) is 4. The van der Waals surface area contributed by atoms with Crippen molar-refractivity contribution in [3.05, 3.63) is 70.3 Å². The fraction of sp³-hybridized carbons (Fsp3) is 0.448. The van der Waals surface area contributed by atoms with Gasteiger partial charge in [-0.1, -0.05) is 36.4 Å². The summed E-state index contributed by atoms with van der Waals surface area (Å²) in [7, 11) is 4.14. The summed E-state index contributed by atoms with van der Waals surface area (Å²) in [6.45, 7) is 4.40. The molecule has 0 aliphatic heterocycles. The number of aliphatic hydroxyl groups excluding tert-OH is 1. The van der Waals surface area contributed by atoms with Crippen molar-refractivity contribution in [2.45, 2.75) is 45.7 Å². The normalized spacial score (nSPS) is 17.4. The van der Waals surface area contributed by atoms with Gasteiger partial charge in [0.2, 0.25) is 11.8 Å². The largest absolute Gasteiger partial charge is 0.396 e. The summed E-state index contributed by atoms with van der Waals surface area (Å²) < 4.78 is 0. The molecule has 0 saturated heterocycles. The number of nitrogens with zero attached hydrogens (tertiary/aromatic N) is 4. The minimum atomic E-state index is -0.202. The van der Waals surface area contributed by atoms with Crippen molar-refractivity contribution in [1.29, 1.82) is 0 Å². The van der Waals surface area contributed by atoms with Gasteiger partial charge in [-0.05, 0) is 92.4 Å². The lowest BCUT2D eigenvalue weighted by Gasteiger charge is -2.27. The highest BCUT2D eigenvalue weighted by atomic mass is 16.6. The summed E-state index contributed by atoms with van der Waals surface area (Å²) in [4.78, 5) is 22.4. The monoisotopic (exact) mass is 519 g/mol. The van der Waals surface area contributed by atoms with Crippen molar-refractivity contribution in [2.24, 2.45) is 11.8 Å². The minimum absolute atomic E-state index is 0.0182. The number of aliphatic hydroxyl groups is 1. The SMILES string of the molecule is Cc1c(CNc2ncc([N+](=O)O)c(NC[C@H]3CC[C@H](CO)CC3)n2)cccc1-c1cccc(CN(C)C)c1. The Labute approximate surface area is 224 Å². The van der Waals surface area contributed by atoms with Gasteiger partial charge in [-0.25, -0.2) is 10.2 Å². The molecular formula is C29H39N6O3+. The maximum absolute atomic E-state index is 11.7. The van der Waals surface area contributed by atoms with Crippen LogP contribution in [0.2, 0.25) is 0 Å². The maximum atomic E-state index is 11.7. The summed E-state index contributed by atoms with van der Waals surface area (Å²) in [6, 6.07) is 14.9. The van der Waals surface area contributed by atoms with Crippen LogP contribution in [-0.4, -0.2) is 57.4 Å². The standard InChI is InChI=1S/C29H39N6O3/c1-20-25(8-5-9-26(20)24-7-4-6-23(14-24)18-34(2)3)16-31-29-32-17-27(35(37)38)28(33-29)30-15-21-10-12-22(19-36)13-11-21/h4-9,14,17,21-22,36H,10-13,15-16,18-19H2,1-3H3,(H,37,38)(H2,30,31,32,33)/q+1/t21-,22-. The smallest absolute Gasteiger partial charge is 0.376 e. The Kier molecular flexibility index (Phi) is 9.25. The van der Waals surface area contributed by atoms with Crippen LogP contribution in [-0.2, 0) is 13.1 Å². The molecule has 38 heavy (non-hydrogen) atoms. The Morgan fingerprint density at radius 2 is 1.79 bits per heavy atom. The predicted octanol–water partition coefficient (Wildman–Crippen LogP) is 5.14. The van der Waals surface area contributed by atoms with Crippen LogP contribution in [0, 0.1) is 23.7 Å². The number of anilines is 2. The molecule has 0 radical (unpaired) electrons. The molecule has 2 aromatic carbocycles. The van der Waals surface area contributed by atoms with E-state index in [0.29, 0.717) is 36.7 Å². The van der Waals surface area contributed by atoms with Crippen LogP contribution >= 0.6 is 0 Å². The molecule has 0 bridgehead atoms. The van der Waals surface area contributed by atoms with Gasteiger partial charge in [0.15, 0.2) is 0 Å². The van der Waals surface area contributed by atoms with Crippen molar-refractivity contribution in [2.75, 3.05) is 37.9 Å². The van der Waals surface area contributed by atoms with Crippen LogP contribution < -0.4 is 10.6 Å². The first-order chi connectivity index (χ1) is 18.3. The second-order valence-corrected chi connectivity index (χ2v) is 10.5. The lowest BCUT2D eigenvalue weighted by atomic mass is 9.82. The molecule has 1 saturated carbocycles. The molecule has 9 heteroatoms. The first kappa shape index (κ1) is 27.5. The van der Waals surface area contributed by atoms with Gasteiger partial charge in [-0.2, -0.15) is 4.98 Å². The van der Waals surface area contributed by atoms with Crippen LogP contribution in [0.25, 0.3) is 11.1 Å². The third kappa shape index (κ3) is 7.05. The van der Waals surface area contributed by atoms with E-state index in [1.165, 1.54) is 28.5 Å². The van der Waals surface area contributed by atoms with Gasteiger partial charge in [-0.3, -0.25) is 0 Å². The number of hydrogen-bond acceptors (Lipinski definition) is 7. The quantitative estimate of drug-likeness (QED) is 0.258. The van der Waals surface area contributed by atoms with Gasteiger partial charge < -0.3 is 20.6 Å². The second-order valence-electron chi connectivity index (χ2n) is 10.5. The highest BCUT2D eigenvalue weighted by Gasteiger charge is 2.25. The molecule has 202 valence electrons. The highest BCUT2D eigenvalue weighted by Crippen LogP contribution is 2.30. The summed E-state index contributed by atoms with van der Waals surface area (Å²) in [5.74, 6) is 1.49. The molecule has 4 rings (SSSR count). The first-order valence-electron chi connectivity index (χ1n) is 13.3. The van der Waals surface area contributed by atoms with E-state index in [9.17, 15) is 15.2 Å². The molecule has 1 aromatic heterocycles. The van der Waals surface area contributed by atoms with Gasteiger partial charge in [-0.15, -0.1) is 0 Å². The zero-order chi connectivity index (χ0) is 27.1. The van der Waals surface area contributed by atoms with Crippen molar-refractivity contribution in [1.82, 2.24) is 14.9 Å². The molecule has 3 aromatic rings. The van der Waals surface area contributed by atoms with Crippen LogP contribution in [0.4, 0.5) is 17.5 Å². The molecular weight excluding hydrogens is 480 g/mol. The minimum Gasteiger partial charge on any atom is -0.396 e. The van der Waals surface area contributed by atoms with Crippen molar-refractivity contribution in [3.8, 4) is 11.1 Å². The third-order valence-corrected chi connectivity index (χ3v) is 7.38. The Morgan fingerprint density at radius 1 is 1.05 bits per heavy atom. The number of benzene rings is 2. The number of rotatable bonds is 11. The summed E-state index contributed by atoms with van der Waals surface area (Å²) in [6.07, 6.45) is 5.35. The van der Waals surface area contributed by atoms with Crippen molar-refractivity contribution in [3.63, 3.8) is 0 Å². The van der Waals surface area contributed by atoms with Crippen LogP contribution in [0.3, 0.4) is 0 Å². The lowest BCUT2D eigenvalue weighted by Crippen LogP contribution is -2.23. The van der Waals surface area contributed by atoms with E-state index in [2.05, 4.69) is 89.0 Å². The molecule has 1 aliphatic rings. The summed E-state index contributed by atoms with van der Waals surface area (Å²) in [5.41, 5.74) is 5.91. The van der Waals surface area contributed by atoms with E-state index < -0.39 is 0 Å². The molecule has 4 N–H and O–H groups in total. The fourth-order valence-electron chi connectivity index (χ4n) is 5.15. The van der Waals surface area contributed by atoms with E-state index in [1.54, 1.807) is 0 Å². The van der Waals surface area contributed by atoms with Gasteiger partial charge in [0, 0.05) is 26.2 Å². The van der Waals surface area contributed by atoms with Crippen LogP contribution in [0.1, 0.15) is 42.4 Å². The molecule has 1 fully saturated rings. The molecule has 0 unspecified atom stereocenters. The van der Waals surface area contributed by atoms with Crippen molar-refractivity contribution >= 4 is 17.5 Å². The summed E-state index contributed by atoms with van der Waals surface area (Å²) >= 11 is 0. The Morgan fingerprint density at radius 3 is 2.50 bits per heavy atom. The van der Waals surface area contributed by atoms with E-state index in [0.717, 1.165) is 37.8 Å². The Bertz CT molecular complexity index is 1240. The molecule has 9 nitrogen and oxygen atoms in total. The molecule has 1 heterocycles. The predicted molar refractivity (Wildman–Crippen MR) is 149 cm³/mol. The Hall–Kier alpha value is -3.56. The third-order valence-electron chi connectivity index (χ3n) is 7.38. The average molecular weight is 520 g/mol. The lowest BCUT2D eigenvalue weighted by molar-refractivity contribution is -0.729. The maximum Gasteiger partial charge on any atom is 0.376 e. The average Bonchev–Trinajstić information content (AvgIpc) is 2.91. The van der Waals surface area contributed by atoms with Crippen LogP contribution in [0.5, 0.6) is 0 Å². The zero-order valence-electron chi connectivity index (χ0n) is 22.5. The number of aromatic nitrogens is 2. The van der Waals surface area contributed by atoms with Crippen molar-refractivity contribution < 1.29 is 15.2 Å². The van der Waals surface area contributed by atoms with Gasteiger partial charge in [0.25, 0.3) is 4.92 Å². The van der Waals surface area contributed by atoms with E-state index in [4.69, 9.17) is 0 Å². The molecule has 0 amide bonds. The van der Waals surface area contributed by atoms with Crippen LogP contribution in [0.15, 0.2) is 48.7 Å². The summed E-state index contributed by atoms with van der Waals surface area (Å²) in [5, 5.41) is 25.4. The van der Waals surface area contributed by atoms with Gasteiger partial charge in [0.05, 0.1) is 4.91 Å². The Balaban J connectivity index is 1.45. The van der Waals surface area contributed by atoms with E-state index in [-0.39, 0.29) is 17.2 Å². The topological polar surface area (TPSA) is 114 Å². The second kappa shape index (κ2) is 12.8. The van der Waals surface area contributed by atoms with Gasteiger partial charge >= 0.3 is 5.69 Å². The van der Waals surface area contributed by atoms with Gasteiger partial charge in [0.1, 0.15) is 6.20 Å².